The zero-order valence-corrected chi connectivity index (χ0v) is 8.54. The van der Waals surface area contributed by atoms with Gasteiger partial charge in [-0.1, -0.05) is 35.9 Å². The molecule has 0 aliphatic carbocycles. The number of ether oxygens (including phenoxy) is 1. The Morgan fingerprint density at radius 3 is 2.73 bits per heavy atom. The van der Waals surface area contributed by atoms with E-state index in [1.807, 2.05) is 24.3 Å². The van der Waals surface area contributed by atoms with Crippen LogP contribution >= 0.6 is 11.6 Å². The zero-order valence-electron chi connectivity index (χ0n) is 7.79. The first-order valence-electron chi connectivity index (χ1n) is 4.64. The molecule has 3 rings (SSSR count). The lowest BCUT2D eigenvalue weighted by Crippen LogP contribution is -1.98. The van der Waals surface area contributed by atoms with E-state index in [1.165, 1.54) is 0 Å². The highest BCUT2D eigenvalue weighted by molar-refractivity contribution is 6.36. The van der Waals surface area contributed by atoms with Gasteiger partial charge in [-0.05, 0) is 6.07 Å². The first-order valence-corrected chi connectivity index (χ1v) is 5.02. The molecule has 0 radical (unpaired) electrons. The first kappa shape index (κ1) is 8.74. The summed E-state index contributed by atoms with van der Waals surface area (Å²) in [6, 6.07) is 9.35. The van der Waals surface area contributed by atoms with E-state index in [-0.39, 0.29) is 12.4 Å². The molecule has 0 amide bonds. The highest BCUT2D eigenvalue weighted by atomic mass is 35.5. The summed E-state index contributed by atoms with van der Waals surface area (Å²) in [6.45, 7) is 0.125. The summed E-state index contributed by atoms with van der Waals surface area (Å²) in [4.78, 5) is 11.5. The fourth-order valence-corrected chi connectivity index (χ4v) is 2.16. The Hall–Kier alpha value is -1.54. The zero-order chi connectivity index (χ0) is 10.4. The monoisotopic (exact) mass is 218 g/mol. The smallest absolute Gasteiger partial charge is 0.203 e. The van der Waals surface area contributed by atoms with Gasteiger partial charge >= 0.3 is 0 Å². The van der Waals surface area contributed by atoms with Gasteiger partial charge in [0.25, 0.3) is 0 Å². The number of halogens is 1. The van der Waals surface area contributed by atoms with Crippen LogP contribution in [0.5, 0.6) is 5.75 Å². The molecule has 1 aliphatic heterocycles. The van der Waals surface area contributed by atoms with Crippen LogP contribution in [0.1, 0.15) is 10.4 Å². The van der Waals surface area contributed by atoms with Crippen LogP contribution in [0.3, 0.4) is 0 Å². The van der Waals surface area contributed by atoms with Gasteiger partial charge in [-0.2, -0.15) is 0 Å². The molecule has 3 heteroatoms. The molecule has 2 aromatic carbocycles. The number of carbonyl (C=O) groups is 1. The summed E-state index contributed by atoms with van der Waals surface area (Å²) in [5.41, 5.74) is 0.596. The van der Waals surface area contributed by atoms with Gasteiger partial charge in [-0.25, -0.2) is 0 Å². The Morgan fingerprint density at radius 1 is 1.20 bits per heavy atom. The third-order valence-electron chi connectivity index (χ3n) is 2.59. The lowest BCUT2D eigenvalue weighted by Gasteiger charge is -2.05. The fourth-order valence-electron chi connectivity index (χ4n) is 1.88. The summed E-state index contributed by atoms with van der Waals surface area (Å²) in [5, 5.41) is 2.43. The van der Waals surface area contributed by atoms with E-state index in [1.54, 1.807) is 6.07 Å². The Labute approximate surface area is 91.4 Å². The molecule has 2 nitrogen and oxygen atoms in total. The second-order valence-corrected chi connectivity index (χ2v) is 3.90. The molecule has 0 N–H and O–H groups in total. The maximum Gasteiger partial charge on any atom is 0.203 e. The first-order chi connectivity index (χ1) is 7.27. The molecule has 1 heterocycles. The topological polar surface area (TPSA) is 26.3 Å². The number of ketones is 1. The normalized spacial score (nSPS) is 14.1. The van der Waals surface area contributed by atoms with Crippen molar-refractivity contribution < 1.29 is 9.53 Å². The molecule has 0 bridgehead atoms. The molecule has 0 saturated heterocycles. The molecule has 0 saturated carbocycles. The van der Waals surface area contributed by atoms with E-state index >= 15 is 0 Å². The van der Waals surface area contributed by atoms with E-state index in [0.29, 0.717) is 16.3 Å². The molecular weight excluding hydrogens is 212 g/mol. The molecule has 0 spiro atoms. The highest BCUT2D eigenvalue weighted by Gasteiger charge is 2.24. The lowest BCUT2D eigenvalue weighted by molar-refractivity contribution is 0.0961. The average Bonchev–Trinajstić information content (AvgIpc) is 2.62. The summed E-state index contributed by atoms with van der Waals surface area (Å²) < 4.78 is 5.37. The third-order valence-corrected chi connectivity index (χ3v) is 2.91. The Bertz CT molecular complexity index is 575. The molecule has 1 aliphatic rings. The van der Waals surface area contributed by atoms with Gasteiger partial charge in [-0.3, -0.25) is 4.79 Å². The average molecular weight is 219 g/mol. The van der Waals surface area contributed by atoms with Gasteiger partial charge in [0.05, 0.1) is 5.56 Å². The standard InChI is InChI=1S/C12H7ClO2/c13-10-5-9-11(14)6-15-12(9)8-4-2-1-3-7(8)10/h1-5H,6H2. The highest BCUT2D eigenvalue weighted by Crippen LogP contribution is 2.37. The fraction of sp³-hybridized carbons (Fsp3) is 0.0833. The summed E-state index contributed by atoms with van der Waals surface area (Å²) in [6.07, 6.45) is 0. The van der Waals surface area contributed by atoms with E-state index < -0.39 is 0 Å². The van der Waals surface area contributed by atoms with Crippen LogP contribution < -0.4 is 4.74 Å². The molecule has 0 unspecified atom stereocenters. The van der Waals surface area contributed by atoms with Crippen molar-refractivity contribution in [2.24, 2.45) is 0 Å². The van der Waals surface area contributed by atoms with Crippen molar-refractivity contribution >= 4 is 28.2 Å². The van der Waals surface area contributed by atoms with E-state index in [0.717, 1.165) is 10.8 Å². The largest absolute Gasteiger partial charge is 0.484 e. The van der Waals surface area contributed by atoms with Crippen LogP contribution in [0, 0.1) is 0 Å². The van der Waals surface area contributed by atoms with Crippen molar-refractivity contribution in [3.8, 4) is 5.75 Å². The number of benzene rings is 2. The molecule has 2 aromatic rings. The molecule has 0 atom stereocenters. The van der Waals surface area contributed by atoms with Crippen LogP contribution in [0.25, 0.3) is 10.8 Å². The van der Waals surface area contributed by atoms with Crippen LogP contribution in [0.2, 0.25) is 5.02 Å². The van der Waals surface area contributed by atoms with Crippen LogP contribution in [0.15, 0.2) is 30.3 Å². The van der Waals surface area contributed by atoms with Crippen LogP contribution in [-0.2, 0) is 0 Å². The SMILES string of the molecule is O=C1COc2c1cc(Cl)c1ccccc21. The third kappa shape index (κ3) is 1.15. The van der Waals surface area contributed by atoms with E-state index in [4.69, 9.17) is 16.3 Å². The van der Waals surface area contributed by atoms with Crippen molar-refractivity contribution in [2.45, 2.75) is 0 Å². The number of hydrogen-bond acceptors (Lipinski definition) is 2. The van der Waals surface area contributed by atoms with Crippen molar-refractivity contribution in [1.82, 2.24) is 0 Å². The Balaban J connectivity index is 2.48. The van der Waals surface area contributed by atoms with Gasteiger partial charge in [0.15, 0.2) is 6.61 Å². The lowest BCUT2D eigenvalue weighted by atomic mass is 10.0. The number of fused-ring (bicyclic) bond motifs is 3. The van der Waals surface area contributed by atoms with Gasteiger partial charge < -0.3 is 4.74 Å². The quantitative estimate of drug-likeness (QED) is 0.679. The predicted molar refractivity (Wildman–Crippen MR) is 58.8 cm³/mol. The minimum atomic E-state index is -0.00217. The number of rotatable bonds is 0. The molecule has 0 aromatic heterocycles. The van der Waals surface area contributed by atoms with E-state index in [9.17, 15) is 4.79 Å². The van der Waals surface area contributed by atoms with E-state index in [2.05, 4.69) is 0 Å². The minimum Gasteiger partial charge on any atom is -0.484 e. The molecule has 74 valence electrons. The van der Waals surface area contributed by atoms with Gasteiger partial charge in [-0.15, -0.1) is 0 Å². The molecule has 0 fully saturated rings. The van der Waals surface area contributed by atoms with Crippen LogP contribution in [0.4, 0.5) is 0 Å². The van der Waals surface area contributed by atoms with Crippen molar-refractivity contribution in [3.63, 3.8) is 0 Å². The second-order valence-electron chi connectivity index (χ2n) is 3.49. The van der Waals surface area contributed by atoms with Crippen molar-refractivity contribution in [1.29, 1.82) is 0 Å². The maximum absolute atomic E-state index is 11.5. The summed E-state index contributed by atoms with van der Waals surface area (Å²) in [7, 11) is 0. The minimum absolute atomic E-state index is 0.00217. The summed E-state index contributed by atoms with van der Waals surface area (Å²) in [5.74, 6) is 0.664. The number of Topliss-reactive ketones (excluding diaryl/α,β-unsaturated/α-hetero) is 1. The van der Waals surface area contributed by atoms with Gasteiger partial charge in [0.1, 0.15) is 5.75 Å². The Kier molecular flexibility index (Phi) is 1.73. The Morgan fingerprint density at radius 2 is 1.93 bits per heavy atom. The number of carbonyl (C=O) groups excluding carboxylic acids is 1. The van der Waals surface area contributed by atoms with Crippen molar-refractivity contribution in [3.05, 3.63) is 40.9 Å². The second kappa shape index (κ2) is 2.97. The maximum atomic E-state index is 11.5. The van der Waals surface area contributed by atoms with Crippen LogP contribution in [-0.4, -0.2) is 12.4 Å². The molecule has 15 heavy (non-hydrogen) atoms. The van der Waals surface area contributed by atoms with Crippen molar-refractivity contribution in [2.75, 3.05) is 6.61 Å². The number of hydrogen-bond donors (Lipinski definition) is 0. The summed E-state index contributed by atoms with van der Waals surface area (Å²) >= 11 is 6.10. The molecular formula is C12H7ClO2. The van der Waals surface area contributed by atoms with Gasteiger partial charge in [0, 0.05) is 15.8 Å². The van der Waals surface area contributed by atoms with Gasteiger partial charge in [0.2, 0.25) is 5.78 Å². The predicted octanol–water partition coefficient (Wildman–Crippen LogP) is 3.07.